The van der Waals surface area contributed by atoms with Gasteiger partial charge in [0.1, 0.15) is 5.82 Å². The highest BCUT2D eigenvalue weighted by Gasteiger charge is 2.40. The van der Waals surface area contributed by atoms with E-state index >= 15 is 0 Å². The predicted molar refractivity (Wildman–Crippen MR) is 78.8 cm³/mol. The zero-order valence-corrected chi connectivity index (χ0v) is 13.2. The summed E-state index contributed by atoms with van der Waals surface area (Å²) in [6, 6.07) is 0.697. The van der Waals surface area contributed by atoms with E-state index in [2.05, 4.69) is 0 Å². The molecular weight excluding hydrogens is 295 g/mol. The van der Waals surface area contributed by atoms with Crippen LogP contribution in [0.3, 0.4) is 0 Å². The van der Waals surface area contributed by atoms with Crippen molar-refractivity contribution in [1.82, 2.24) is 4.31 Å². The summed E-state index contributed by atoms with van der Waals surface area (Å²) >= 11 is 0. The number of rotatable bonds is 3. The molecule has 5 nitrogen and oxygen atoms in total. The lowest BCUT2D eigenvalue weighted by atomic mass is 10.0. The Bertz CT molecular complexity index is 661. The maximum atomic E-state index is 13.6. The third-order valence-electron chi connectivity index (χ3n) is 4.29. The zero-order valence-electron chi connectivity index (χ0n) is 12.4. The molecule has 0 radical (unpaired) electrons. The fourth-order valence-electron chi connectivity index (χ4n) is 2.99. The van der Waals surface area contributed by atoms with Crippen LogP contribution >= 0.6 is 0 Å². The minimum Gasteiger partial charge on any atom is -0.396 e. The average Bonchev–Trinajstić information content (AvgIpc) is 2.77. The van der Waals surface area contributed by atoms with Crippen molar-refractivity contribution in [2.45, 2.75) is 38.1 Å². The summed E-state index contributed by atoms with van der Waals surface area (Å²) in [4.78, 5) is 0.0500. The Morgan fingerprint density at radius 3 is 2.67 bits per heavy atom. The second kappa shape index (κ2) is 5.55. The Morgan fingerprint density at radius 1 is 1.48 bits per heavy atom. The Morgan fingerprint density at radius 2 is 2.10 bits per heavy atom. The highest BCUT2D eigenvalue weighted by Crippen LogP contribution is 2.34. The van der Waals surface area contributed by atoms with E-state index in [4.69, 9.17) is 5.73 Å². The lowest BCUT2D eigenvalue weighted by Gasteiger charge is -2.26. The van der Waals surface area contributed by atoms with Gasteiger partial charge in [0.05, 0.1) is 23.2 Å². The average molecular weight is 316 g/mol. The van der Waals surface area contributed by atoms with Crippen LogP contribution in [-0.4, -0.2) is 37.0 Å². The van der Waals surface area contributed by atoms with Gasteiger partial charge >= 0.3 is 0 Å². The molecule has 0 spiro atoms. The molecular formula is C14H21FN2O3S. The van der Waals surface area contributed by atoms with Crippen LogP contribution in [0, 0.1) is 25.6 Å². The van der Waals surface area contributed by atoms with Crippen LogP contribution in [0.5, 0.6) is 0 Å². The van der Waals surface area contributed by atoms with Gasteiger partial charge in [-0.2, -0.15) is 4.31 Å². The van der Waals surface area contributed by atoms with Crippen molar-refractivity contribution in [2.24, 2.45) is 5.92 Å². The van der Waals surface area contributed by atoms with Gasteiger partial charge in [-0.25, -0.2) is 12.8 Å². The molecule has 2 unspecified atom stereocenters. The topological polar surface area (TPSA) is 83.6 Å². The summed E-state index contributed by atoms with van der Waals surface area (Å²) in [5.41, 5.74) is 6.04. The lowest BCUT2D eigenvalue weighted by Crippen LogP contribution is -2.40. The van der Waals surface area contributed by atoms with Gasteiger partial charge in [0.15, 0.2) is 0 Å². The number of anilines is 1. The van der Waals surface area contributed by atoms with Gasteiger partial charge in [0.2, 0.25) is 10.0 Å². The standard InChI is InChI=1S/C14H21FN2O3S/c1-8-4-5-17(12(8)7-18)21(19,20)14-9(2)6-11(15)13(16)10(14)3/h6,8,12,18H,4-5,7,16H2,1-3H3. The van der Waals surface area contributed by atoms with Gasteiger partial charge in [0.25, 0.3) is 0 Å². The largest absolute Gasteiger partial charge is 0.396 e. The minimum absolute atomic E-state index is 0.0500. The van der Waals surface area contributed by atoms with E-state index in [1.54, 1.807) is 6.92 Å². The van der Waals surface area contributed by atoms with Crippen molar-refractivity contribution in [3.05, 3.63) is 23.0 Å². The van der Waals surface area contributed by atoms with Crippen LogP contribution in [0.2, 0.25) is 0 Å². The molecule has 3 N–H and O–H groups in total. The third-order valence-corrected chi connectivity index (χ3v) is 6.50. The van der Waals surface area contributed by atoms with Gasteiger partial charge in [-0.05, 0) is 43.4 Å². The SMILES string of the molecule is Cc1cc(F)c(N)c(C)c1S(=O)(=O)N1CCC(C)C1CO. The number of aryl methyl sites for hydroxylation is 1. The fraction of sp³-hybridized carbons (Fsp3) is 0.571. The molecule has 0 amide bonds. The summed E-state index contributed by atoms with van der Waals surface area (Å²) < 4.78 is 40.7. The first-order valence-electron chi connectivity index (χ1n) is 6.89. The molecule has 2 rings (SSSR count). The summed E-state index contributed by atoms with van der Waals surface area (Å²) in [5, 5.41) is 9.46. The second-order valence-corrected chi connectivity index (χ2v) is 7.50. The molecule has 0 saturated carbocycles. The number of aliphatic hydroxyl groups is 1. The van der Waals surface area contributed by atoms with Crippen molar-refractivity contribution in [3.63, 3.8) is 0 Å². The summed E-state index contributed by atoms with van der Waals surface area (Å²) in [5.74, 6) is -0.527. The number of benzene rings is 1. The van der Waals surface area contributed by atoms with Crippen LogP contribution < -0.4 is 5.73 Å². The smallest absolute Gasteiger partial charge is 0.244 e. The Kier molecular flexibility index (Phi) is 4.28. The van der Waals surface area contributed by atoms with E-state index in [0.29, 0.717) is 18.5 Å². The van der Waals surface area contributed by atoms with E-state index in [1.807, 2.05) is 6.92 Å². The van der Waals surface area contributed by atoms with E-state index < -0.39 is 21.9 Å². The van der Waals surface area contributed by atoms with Gasteiger partial charge in [-0.1, -0.05) is 6.92 Å². The first-order valence-corrected chi connectivity index (χ1v) is 8.33. The molecule has 1 saturated heterocycles. The monoisotopic (exact) mass is 316 g/mol. The molecule has 0 aliphatic carbocycles. The number of hydrogen-bond acceptors (Lipinski definition) is 4. The van der Waals surface area contributed by atoms with Crippen molar-refractivity contribution in [2.75, 3.05) is 18.9 Å². The van der Waals surface area contributed by atoms with E-state index in [0.717, 1.165) is 6.07 Å². The van der Waals surface area contributed by atoms with Crippen molar-refractivity contribution in [1.29, 1.82) is 0 Å². The number of hydrogen-bond donors (Lipinski definition) is 2. The van der Waals surface area contributed by atoms with Crippen LogP contribution in [0.25, 0.3) is 0 Å². The highest BCUT2D eigenvalue weighted by molar-refractivity contribution is 7.89. The van der Waals surface area contributed by atoms with E-state index in [-0.39, 0.29) is 28.7 Å². The van der Waals surface area contributed by atoms with Gasteiger partial charge in [0, 0.05) is 6.54 Å². The van der Waals surface area contributed by atoms with Crippen molar-refractivity contribution < 1.29 is 17.9 Å². The predicted octanol–water partition coefficient (Wildman–Crippen LogP) is 1.42. The molecule has 1 aliphatic heterocycles. The van der Waals surface area contributed by atoms with Gasteiger partial charge in [-0.15, -0.1) is 0 Å². The molecule has 1 aromatic carbocycles. The number of halogens is 1. The fourth-order valence-corrected chi connectivity index (χ4v) is 5.16. The van der Waals surface area contributed by atoms with Crippen molar-refractivity contribution in [3.8, 4) is 0 Å². The van der Waals surface area contributed by atoms with E-state index in [1.165, 1.54) is 11.2 Å². The lowest BCUT2D eigenvalue weighted by molar-refractivity contribution is 0.191. The third kappa shape index (κ3) is 2.54. The maximum Gasteiger partial charge on any atom is 0.244 e. The maximum absolute atomic E-state index is 13.6. The molecule has 1 heterocycles. The van der Waals surface area contributed by atoms with Crippen LogP contribution in [0.4, 0.5) is 10.1 Å². The quantitative estimate of drug-likeness (QED) is 0.826. The minimum atomic E-state index is -3.81. The summed E-state index contributed by atoms with van der Waals surface area (Å²) in [6.45, 7) is 5.09. The Balaban J connectivity index is 2.58. The molecule has 7 heteroatoms. The molecule has 2 atom stereocenters. The number of sulfonamides is 1. The van der Waals surface area contributed by atoms with Gasteiger partial charge < -0.3 is 10.8 Å². The molecule has 1 aromatic rings. The first kappa shape index (κ1) is 16.2. The number of aliphatic hydroxyl groups excluding tert-OH is 1. The normalized spacial score (nSPS) is 23.7. The molecule has 1 fully saturated rings. The second-order valence-electron chi connectivity index (χ2n) is 5.67. The first-order chi connectivity index (χ1) is 9.71. The number of nitrogen functional groups attached to an aromatic ring is 1. The van der Waals surface area contributed by atoms with Gasteiger partial charge in [-0.3, -0.25) is 0 Å². The molecule has 0 aromatic heterocycles. The van der Waals surface area contributed by atoms with Crippen LogP contribution in [0.1, 0.15) is 24.5 Å². The number of nitrogens with zero attached hydrogens (tertiary/aromatic N) is 1. The summed E-state index contributed by atoms with van der Waals surface area (Å²) in [7, 11) is -3.81. The molecule has 118 valence electrons. The number of nitrogens with two attached hydrogens (primary N) is 1. The highest BCUT2D eigenvalue weighted by atomic mass is 32.2. The summed E-state index contributed by atoms with van der Waals surface area (Å²) in [6.07, 6.45) is 0.694. The molecule has 0 bridgehead atoms. The zero-order chi connectivity index (χ0) is 15.9. The van der Waals surface area contributed by atoms with E-state index in [9.17, 15) is 17.9 Å². The Hall–Kier alpha value is -1.18. The Labute approximate surface area is 124 Å². The molecule has 21 heavy (non-hydrogen) atoms. The molecule has 1 aliphatic rings. The van der Waals surface area contributed by atoms with Crippen LogP contribution in [0.15, 0.2) is 11.0 Å². The van der Waals surface area contributed by atoms with Crippen LogP contribution in [-0.2, 0) is 10.0 Å². The van der Waals surface area contributed by atoms with Crippen molar-refractivity contribution >= 4 is 15.7 Å².